The second-order valence-corrected chi connectivity index (χ2v) is 4.79. The minimum atomic E-state index is -1.23. The van der Waals surface area contributed by atoms with Crippen molar-refractivity contribution in [2.45, 2.75) is 13.0 Å². The average Bonchev–Trinajstić information content (AvgIpc) is 2.58. The summed E-state index contributed by atoms with van der Waals surface area (Å²) in [6, 6.07) is 18.5. The topological polar surface area (TPSA) is 61.7 Å². The fourth-order valence-electron chi connectivity index (χ4n) is 1.81. The normalized spacial score (nSPS) is 13.1. The number of rotatable bonds is 5. The van der Waals surface area contributed by atoms with Gasteiger partial charge in [0.25, 0.3) is 5.91 Å². The maximum atomic E-state index is 11.8. The van der Waals surface area contributed by atoms with E-state index in [1.165, 1.54) is 0 Å². The van der Waals surface area contributed by atoms with Crippen LogP contribution in [0, 0.1) is 0 Å². The summed E-state index contributed by atoms with van der Waals surface area (Å²) in [4.78, 5) is 11.8. The van der Waals surface area contributed by atoms with Gasteiger partial charge in [0.15, 0.2) is 6.10 Å². The zero-order chi connectivity index (χ0) is 15.8. The Morgan fingerprint density at radius 1 is 1.09 bits per heavy atom. The quantitative estimate of drug-likeness (QED) is 0.658. The van der Waals surface area contributed by atoms with Crippen LogP contribution < -0.4 is 5.43 Å². The van der Waals surface area contributed by atoms with Crippen LogP contribution in [0.25, 0.3) is 6.08 Å². The number of nitrogens with zero attached hydrogens (tertiary/aromatic N) is 1. The smallest absolute Gasteiger partial charge is 0.273 e. The van der Waals surface area contributed by atoms with Crippen LogP contribution in [0.2, 0.25) is 0 Å². The lowest BCUT2D eigenvalue weighted by Crippen LogP contribution is -2.25. The Hall–Kier alpha value is -2.72. The summed E-state index contributed by atoms with van der Waals surface area (Å²) in [5.74, 6) is -0.557. The fourth-order valence-corrected chi connectivity index (χ4v) is 1.81. The minimum absolute atomic E-state index is 0.535. The Bertz CT molecular complexity index is 664. The van der Waals surface area contributed by atoms with E-state index < -0.39 is 12.0 Å². The molecule has 0 aliphatic carbocycles. The van der Waals surface area contributed by atoms with Crippen molar-refractivity contribution in [2.24, 2.45) is 5.10 Å². The second-order valence-electron chi connectivity index (χ2n) is 4.79. The summed E-state index contributed by atoms with van der Waals surface area (Å²) in [5.41, 5.74) is 4.58. The predicted molar refractivity (Wildman–Crippen MR) is 88.1 cm³/mol. The fraction of sp³-hybridized carbons (Fsp3) is 0.111. The van der Waals surface area contributed by atoms with E-state index in [1.807, 2.05) is 42.5 Å². The zero-order valence-corrected chi connectivity index (χ0v) is 12.3. The number of benzene rings is 2. The van der Waals surface area contributed by atoms with E-state index in [0.29, 0.717) is 11.3 Å². The van der Waals surface area contributed by atoms with Gasteiger partial charge in [0.2, 0.25) is 0 Å². The van der Waals surface area contributed by atoms with Crippen molar-refractivity contribution in [1.82, 2.24) is 5.43 Å². The molecule has 4 heteroatoms. The van der Waals surface area contributed by atoms with Gasteiger partial charge in [-0.25, -0.2) is 5.43 Å². The molecule has 1 amide bonds. The number of hydrazone groups is 1. The molecule has 4 nitrogen and oxygen atoms in total. The monoisotopic (exact) mass is 294 g/mol. The highest BCUT2D eigenvalue weighted by Gasteiger charge is 2.15. The van der Waals surface area contributed by atoms with Crippen molar-refractivity contribution in [3.63, 3.8) is 0 Å². The van der Waals surface area contributed by atoms with Crippen molar-refractivity contribution in [1.29, 1.82) is 0 Å². The van der Waals surface area contributed by atoms with Gasteiger partial charge in [-0.2, -0.15) is 5.10 Å². The lowest BCUT2D eigenvalue weighted by molar-refractivity contribution is -0.129. The standard InChI is InChI=1S/C18H18N2O2/c1-14(12-13-15-8-4-2-5-9-15)19-20-18(22)17(21)16-10-6-3-7-11-16/h2-13,17,21H,1H3,(H,20,22)/b13-12+,19-14+/t17-/m1/s1. The third-order valence-corrected chi connectivity index (χ3v) is 3.02. The number of hydrogen-bond donors (Lipinski definition) is 2. The summed E-state index contributed by atoms with van der Waals surface area (Å²) in [6.45, 7) is 1.77. The molecule has 2 N–H and O–H groups in total. The van der Waals surface area contributed by atoms with E-state index in [-0.39, 0.29) is 0 Å². The highest BCUT2D eigenvalue weighted by atomic mass is 16.3. The minimum Gasteiger partial charge on any atom is -0.378 e. The molecule has 0 fully saturated rings. The Morgan fingerprint density at radius 3 is 2.32 bits per heavy atom. The lowest BCUT2D eigenvalue weighted by atomic mass is 10.1. The molecule has 0 aliphatic heterocycles. The molecule has 0 saturated carbocycles. The molecule has 2 aromatic carbocycles. The molecule has 22 heavy (non-hydrogen) atoms. The van der Waals surface area contributed by atoms with Crippen LogP contribution in [-0.4, -0.2) is 16.7 Å². The van der Waals surface area contributed by atoms with Gasteiger partial charge in [-0.1, -0.05) is 66.7 Å². The number of aliphatic hydroxyl groups is 1. The van der Waals surface area contributed by atoms with Crippen molar-refractivity contribution in [2.75, 3.05) is 0 Å². The maximum Gasteiger partial charge on any atom is 0.273 e. The third-order valence-electron chi connectivity index (χ3n) is 3.02. The van der Waals surface area contributed by atoms with Crippen LogP contribution in [0.4, 0.5) is 0 Å². The molecule has 0 bridgehead atoms. The van der Waals surface area contributed by atoms with Crippen molar-refractivity contribution < 1.29 is 9.90 Å². The van der Waals surface area contributed by atoms with Crippen LogP contribution in [0.15, 0.2) is 71.8 Å². The van der Waals surface area contributed by atoms with Crippen molar-refractivity contribution >= 4 is 17.7 Å². The zero-order valence-electron chi connectivity index (χ0n) is 12.3. The molecule has 0 radical (unpaired) electrons. The molecular formula is C18H18N2O2. The molecule has 2 rings (SSSR count). The number of nitrogens with one attached hydrogen (secondary N) is 1. The molecule has 0 aromatic heterocycles. The highest BCUT2D eigenvalue weighted by molar-refractivity contribution is 5.97. The molecule has 0 heterocycles. The van der Waals surface area contributed by atoms with Gasteiger partial charge < -0.3 is 5.11 Å². The first kappa shape index (κ1) is 15.7. The van der Waals surface area contributed by atoms with Gasteiger partial charge in [-0.3, -0.25) is 4.79 Å². The van der Waals surface area contributed by atoms with Gasteiger partial charge in [0.1, 0.15) is 0 Å². The van der Waals surface area contributed by atoms with Gasteiger partial charge in [-0.15, -0.1) is 0 Å². The number of carbonyl (C=O) groups is 1. The number of allylic oxidation sites excluding steroid dienone is 1. The SMILES string of the molecule is CC(/C=C/c1ccccc1)=N\NC(=O)[C@H](O)c1ccccc1. The summed E-state index contributed by atoms with van der Waals surface area (Å²) in [5, 5.41) is 13.9. The van der Waals surface area contributed by atoms with E-state index in [0.717, 1.165) is 5.56 Å². The van der Waals surface area contributed by atoms with Crippen LogP contribution >= 0.6 is 0 Å². The molecule has 2 aromatic rings. The number of amides is 1. The van der Waals surface area contributed by atoms with Gasteiger partial charge in [0.05, 0.1) is 5.71 Å². The first-order valence-corrected chi connectivity index (χ1v) is 6.97. The largest absolute Gasteiger partial charge is 0.378 e. The molecule has 0 unspecified atom stereocenters. The lowest BCUT2D eigenvalue weighted by Gasteiger charge is -2.08. The van der Waals surface area contributed by atoms with Gasteiger partial charge >= 0.3 is 0 Å². The molecular weight excluding hydrogens is 276 g/mol. The van der Waals surface area contributed by atoms with Crippen molar-refractivity contribution in [3.05, 3.63) is 77.9 Å². The molecule has 1 atom stereocenters. The molecule has 0 aliphatic rings. The average molecular weight is 294 g/mol. The summed E-state index contributed by atoms with van der Waals surface area (Å²) in [7, 11) is 0. The number of hydrogen-bond acceptors (Lipinski definition) is 3. The van der Waals surface area contributed by atoms with Gasteiger partial charge in [-0.05, 0) is 24.1 Å². The van der Waals surface area contributed by atoms with Gasteiger partial charge in [0, 0.05) is 0 Å². The van der Waals surface area contributed by atoms with Crippen LogP contribution in [0.3, 0.4) is 0 Å². The van der Waals surface area contributed by atoms with E-state index in [9.17, 15) is 9.90 Å². The summed E-state index contributed by atoms with van der Waals surface area (Å²) >= 11 is 0. The molecule has 0 spiro atoms. The predicted octanol–water partition coefficient (Wildman–Crippen LogP) is 2.93. The van der Waals surface area contributed by atoms with E-state index in [2.05, 4.69) is 10.5 Å². The van der Waals surface area contributed by atoms with Crippen LogP contribution in [-0.2, 0) is 4.79 Å². The Kier molecular flexibility index (Phi) is 5.63. The second kappa shape index (κ2) is 7.90. The first-order valence-electron chi connectivity index (χ1n) is 6.97. The van der Waals surface area contributed by atoms with Crippen LogP contribution in [0.1, 0.15) is 24.2 Å². The Labute approximate surface area is 129 Å². The highest BCUT2D eigenvalue weighted by Crippen LogP contribution is 2.11. The summed E-state index contributed by atoms with van der Waals surface area (Å²) in [6.07, 6.45) is 2.47. The van der Waals surface area contributed by atoms with E-state index >= 15 is 0 Å². The Balaban J connectivity index is 1.93. The molecule has 112 valence electrons. The Morgan fingerprint density at radius 2 is 1.68 bits per heavy atom. The van der Waals surface area contributed by atoms with E-state index in [4.69, 9.17) is 0 Å². The number of carbonyl (C=O) groups excluding carboxylic acids is 1. The first-order chi connectivity index (χ1) is 10.7. The van der Waals surface area contributed by atoms with Crippen LogP contribution in [0.5, 0.6) is 0 Å². The van der Waals surface area contributed by atoms with Crippen molar-refractivity contribution in [3.8, 4) is 0 Å². The number of aliphatic hydroxyl groups excluding tert-OH is 1. The molecule has 0 saturated heterocycles. The maximum absolute atomic E-state index is 11.8. The van der Waals surface area contributed by atoms with E-state index in [1.54, 1.807) is 37.3 Å². The summed E-state index contributed by atoms with van der Waals surface area (Å²) < 4.78 is 0. The third kappa shape index (κ3) is 4.68.